The van der Waals surface area contributed by atoms with Crippen LogP contribution in [0.25, 0.3) is 0 Å². The van der Waals surface area contributed by atoms with E-state index in [2.05, 4.69) is 5.10 Å². The second kappa shape index (κ2) is 5.44. The lowest BCUT2D eigenvalue weighted by molar-refractivity contribution is -0.141. The van der Waals surface area contributed by atoms with E-state index in [9.17, 15) is 9.59 Å². The number of hydrogen-bond acceptors (Lipinski definition) is 7. The van der Waals surface area contributed by atoms with E-state index in [1.807, 2.05) is 23.5 Å². The Morgan fingerprint density at radius 1 is 1.39 bits per heavy atom. The van der Waals surface area contributed by atoms with Crippen molar-refractivity contribution in [2.24, 2.45) is 5.92 Å². The molecule has 124 valence electrons. The number of methoxy groups -OCH3 is 1. The fraction of sp³-hybridized carbons (Fsp3) is 0.667. The van der Waals surface area contributed by atoms with Gasteiger partial charge in [-0.2, -0.15) is 5.10 Å². The van der Waals surface area contributed by atoms with Gasteiger partial charge in [0.25, 0.3) is 0 Å². The van der Waals surface area contributed by atoms with Gasteiger partial charge in [0.05, 0.1) is 19.4 Å². The average molecular weight is 354 g/mol. The molecule has 2 fully saturated rings. The number of nitrogens with zero attached hydrogens (tertiary/aromatic N) is 2. The van der Waals surface area contributed by atoms with Crippen LogP contribution in [0.1, 0.15) is 41.0 Å². The van der Waals surface area contributed by atoms with Crippen LogP contribution in [0.3, 0.4) is 0 Å². The molecular formula is C15H18N2O4S2. The van der Waals surface area contributed by atoms with Crippen LogP contribution in [0.5, 0.6) is 0 Å². The third kappa shape index (κ3) is 2.14. The van der Waals surface area contributed by atoms with Gasteiger partial charge in [-0.1, -0.05) is 0 Å². The van der Waals surface area contributed by atoms with Gasteiger partial charge in [-0.05, 0) is 25.2 Å². The Hall–Kier alpha value is -1.15. The molecule has 0 radical (unpaired) electrons. The lowest BCUT2D eigenvalue weighted by Crippen LogP contribution is -2.24. The van der Waals surface area contributed by atoms with Gasteiger partial charge in [-0.3, -0.25) is 9.48 Å². The number of carbonyl (C=O) groups is 2. The van der Waals surface area contributed by atoms with E-state index in [1.54, 1.807) is 11.6 Å². The van der Waals surface area contributed by atoms with Crippen LogP contribution >= 0.6 is 23.5 Å². The van der Waals surface area contributed by atoms with Gasteiger partial charge in [0.1, 0.15) is 10.6 Å². The number of thioether (sulfide) groups is 2. The first-order valence-electron chi connectivity index (χ1n) is 7.75. The molecule has 1 aromatic rings. The predicted molar refractivity (Wildman–Crippen MR) is 87.6 cm³/mol. The van der Waals surface area contributed by atoms with E-state index in [4.69, 9.17) is 9.47 Å². The van der Waals surface area contributed by atoms with Crippen LogP contribution in [0.2, 0.25) is 0 Å². The van der Waals surface area contributed by atoms with Crippen LogP contribution in [0, 0.1) is 5.92 Å². The Labute approximate surface area is 142 Å². The summed E-state index contributed by atoms with van der Waals surface area (Å²) in [5.41, 5.74) is 2.45. The molecule has 6 nitrogen and oxygen atoms in total. The highest BCUT2D eigenvalue weighted by Crippen LogP contribution is 2.75. The molecular weight excluding hydrogens is 336 g/mol. The second-order valence-electron chi connectivity index (χ2n) is 5.88. The molecule has 1 aliphatic heterocycles. The highest BCUT2D eigenvalue weighted by Gasteiger charge is 2.66. The molecule has 1 spiro atoms. The molecule has 2 atom stereocenters. The smallest absolute Gasteiger partial charge is 0.359 e. The summed E-state index contributed by atoms with van der Waals surface area (Å²) in [5, 5.41) is 4.45. The summed E-state index contributed by atoms with van der Waals surface area (Å²) in [6.45, 7) is 2.15. The van der Waals surface area contributed by atoms with Gasteiger partial charge in [0.15, 0.2) is 5.69 Å². The Kier molecular flexibility index (Phi) is 3.64. The maximum Gasteiger partial charge on any atom is 0.359 e. The van der Waals surface area contributed by atoms with Crippen molar-refractivity contribution in [1.82, 2.24) is 9.78 Å². The zero-order chi connectivity index (χ0) is 16.2. The highest BCUT2D eigenvalue weighted by atomic mass is 32.2. The molecule has 23 heavy (non-hydrogen) atoms. The molecule has 2 heterocycles. The van der Waals surface area contributed by atoms with Gasteiger partial charge < -0.3 is 9.47 Å². The van der Waals surface area contributed by atoms with E-state index in [-0.39, 0.29) is 22.6 Å². The molecule has 2 aliphatic carbocycles. The summed E-state index contributed by atoms with van der Waals surface area (Å²) in [6.07, 6.45) is 1.10. The number of esters is 2. The first kappa shape index (κ1) is 15.4. The largest absolute Gasteiger partial charge is 0.468 e. The monoisotopic (exact) mass is 354 g/mol. The standard InChI is InChI=1S/C15H18N2O4S2/c1-3-21-14(19)12-11-8-6-9(8)15(22-4-5-23-15)13(11)17(16-12)7-10(18)20-2/h8-9H,3-7H2,1-2H3/t8-,9?/m0/s1. The minimum Gasteiger partial charge on any atom is -0.468 e. The normalized spacial score (nSPS) is 26.0. The third-order valence-corrected chi connectivity index (χ3v) is 8.29. The van der Waals surface area contributed by atoms with Crippen molar-refractivity contribution in [3.05, 3.63) is 17.0 Å². The highest BCUT2D eigenvalue weighted by molar-refractivity contribution is 8.20. The quantitative estimate of drug-likeness (QED) is 0.766. The average Bonchev–Trinajstić information content (AvgIpc) is 2.93. The number of hydrogen-bond donors (Lipinski definition) is 0. The van der Waals surface area contributed by atoms with Crippen LogP contribution < -0.4 is 0 Å². The molecule has 1 aromatic heterocycles. The fourth-order valence-corrected chi connectivity index (χ4v) is 7.49. The molecule has 3 aliphatic rings. The molecule has 4 rings (SSSR count). The molecule has 0 amide bonds. The van der Waals surface area contributed by atoms with Crippen molar-refractivity contribution < 1.29 is 19.1 Å². The summed E-state index contributed by atoms with van der Waals surface area (Å²) in [7, 11) is 1.37. The second-order valence-corrected chi connectivity index (χ2v) is 8.82. The molecule has 0 bridgehead atoms. The lowest BCUT2D eigenvalue weighted by atomic mass is 10.1. The topological polar surface area (TPSA) is 70.4 Å². The summed E-state index contributed by atoms with van der Waals surface area (Å²) in [6, 6.07) is 0. The maximum atomic E-state index is 12.3. The molecule has 8 heteroatoms. The van der Waals surface area contributed by atoms with Crippen molar-refractivity contribution in [1.29, 1.82) is 0 Å². The van der Waals surface area contributed by atoms with E-state index in [1.165, 1.54) is 7.11 Å². The third-order valence-electron chi connectivity index (χ3n) is 4.66. The van der Waals surface area contributed by atoms with Crippen molar-refractivity contribution in [2.75, 3.05) is 25.2 Å². The molecule has 1 saturated carbocycles. The van der Waals surface area contributed by atoms with Crippen molar-refractivity contribution in [3.8, 4) is 0 Å². The molecule has 1 unspecified atom stereocenters. The number of rotatable bonds is 4. The van der Waals surface area contributed by atoms with Gasteiger partial charge in [0.2, 0.25) is 0 Å². The van der Waals surface area contributed by atoms with Crippen molar-refractivity contribution in [2.45, 2.75) is 29.9 Å². The zero-order valence-electron chi connectivity index (χ0n) is 13.0. The Balaban J connectivity index is 1.82. The van der Waals surface area contributed by atoms with Gasteiger partial charge in [-0.25, -0.2) is 4.79 Å². The molecule has 0 aromatic carbocycles. The van der Waals surface area contributed by atoms with Gasteiger partial charge >= 0.3 is 11.9 Å². The minimum atomic E-state index is -0.386. The number of carbonyl (C=O) groups excluding carboxylic acids is 2. The van der Waals surface area contributed by atoms with Crippen molar-refractivity contribution >= 4 is 35.5 Å². The first-order valence-corrected chi connectivity index (χ1v) is 9.72. The number of ether oxygens (including phenoxy) is 2. The zero-order valence-corrected chi connectivity index (χ0v) is 14.7. The van der Waals surface area contributed by atoms with Crippen LogP contribution in [-0.2, 0) is 24.9 Å². The van der Waals surface area contributed by atoms with E-state index in [0.29, 0.717) is 24.1 Å². The maximum absolute atomic E-state index is 12.3. The van der Waals surface area contributed by atoms with Crippen molar-refractivity contribution in [3.63, 3.8) is 0 Å². The SMILES string of the molecule is CCOC(=O)c1nn(CC(=O)OC)c2c1[C@H]1CC1C21SCCS1. The summed E-state index contributed by atoms with van der Waals surface area (Å²) in [5.74, 6) is 2.37. The predicted octanol–water partition coefficient (Wildman–Crippen LogP) is 1.98. The number of fused-ring (bicyclic) bond motifs is 5. The van der Waals surface area contributed by atoms with Gasteiger partial charge in [0, 0.05) is 17.1 Å². The van der Waals surface area contributed by atoms with E-state index in [0.717, 1.165) is 29.2 Å². The minimum absolute atomic E-state index is 0.0422. The van der Waals surface area contributed by atoms with Crippen LogP contribution in [-0.4, -0.2) is 46.9 Å². The Morgan fingerprint density at radius 2 is 2.13 bits per heavy atom. The van der Waals surface area contributed by atoms with E-state index < -0.39 is 0 Å². The Morgan fingerprint density at radius 3 is 2.78 bits per heavy atom. The molecule has 1 saturated heterocycles. The van der Waals surface area contributed by atoms with E-state index >= 15 is 0 Å². The van der Waals surface area contributed by atoms with Crippen LogP contribution in [0.15, 0.2) is 0 Å². The lowest BCUT2D eigenvalue weighted by Gasteiger charge is -2.25. The summed E-state index contributed by atoms with van der Waals surface area (Å²) >= 11 is 3.86. The van der Waals surface area contributed by atoms with Crippen LogP contribution in [0.4, 0.5) is 0 Å². The summed E-state index contributed by atoms with van der Waals surface area (Å²) < 4.78 is 11.6. The summed E-state index contributed by atoms with van der Waals surface area (Å²) in [4.78, 5) is 24.1. The van der Waals surface area contributed by atoms with Gasteiger partial charge in [-0.15, -0.1) is 23.5 Å². The molecule has 0 N–H and O–H groups in total. The number of aromatic nitrogens is 2. The Bertz CT molecular complexity index is 681. The first-order chi connectivity index (χ1) is 11.1. The fourth-order valence-electron chi connectivity index (χ4n) is 3.73.